The van der Waals surface area contributed by atoms with E-state index in [0.29, 0.717) is 11.0 Å². The lowest BCUT2D eigenvalue weighted by Crippen LogP contribution is -2.25. The fraction of sp³-hybridized carbons (Fsp3) is 0.333. The van der Waals surface area contributed by atoms with E-state index in [1.54, 1.807) is 13.2 Å². The second-order valence-electron chi connectivity index (χ2n) is 5.19. The summed E-state index contributed by atoms with van der Waals surface area (Å²) in [5.41, 5.74) is 2.98. The summed E-state index contributed by atoms with van der Waals surface area (Å²) in [5.74, 6) is 0. The number of benzene rings is 1. The zero-order valence-corrected chi connectivity index (χ0v) is 14.3. The highest BCUT2D eigenvalue weighted by atomic mass is 79.9. The van der Waals surface area contributed by atoms with Crippen LogP contribution in [0.15, 0.2) is 39.7 Å². The molecule has 2 aromatic rings. The maximum Gasteiger partial charge on any atom is 0.282 e. The van der Waals surface area contributed by atoms with Gasteiger partial charge in [-0.25, -0.2) is 4.68 Å². The third-order valence-corrected chi connectivity index (χ3v) is 4.06. The SMILES string of the molecule is CN(C)c1cccc(CN(C)c2cnn(C)c(=O)c2Br)c1. The van der Waals surface area contributed by atoms with Gasteiger partial charge >= 0.3 is 0 Å². The highest BCUT2D eigenvalue weighted by Gasteiger charge is 2.11. The molecule has 1 aromatic heterocycles. The Balaban J connectivity index is 2.26. The monoisotopic (exact) mass is 350 g/mol. The third-order valence-electron chi connectivity index (χ3n) is 3.32. The van der Waals surface area contributed by atoms with E-state index >= 15 is 0 Å². The summed E-state index contributed by atoms with van der Waals surface area (Å²) in [6.07, 6.45) is 1.70. The van der Waals surface area contributed by atoms with Crippen molar-refractivity contribution in [3.8, 4) is 0 Å². The lowest BCUT2D eigenvalue weighted by molar-refractivity contribution is 0.698. The van der Waals surface area contributed by atoms with Crippen LogP contribution in [0.5, 0.6) is 0 Å². The van der Waals surface area contributed by atoms with Gasteiger partial charge in [0.2, 0.25) is 0 Å². The van der Waals surface area contributed by atoms with Crippen LogP contribution in [0.3, 0.4) is 0 Å². The normalized spacial score (nSPS) is 10.5. The average molecular weight is 351 g/mol. The van der Waals surface area contributed by atoms with Crippen molar-refractivity contribution in [3.63, 3.8) is 0 Å². The molecule has 0 saturated heterocycles. The van der Waals surface area contributed by atoms with E-state index in [-0.39, 0.29) is 5.56 Å². The summed E-state index contributed by atoms with van der Waals surface area (Å²) in [5, 5.41) is 4.07. The number of rotatable bonds is 4. The van der Waals surface area contributed by atoms with Crippen molar-refractivity contribution in [2.75, 3.05) is 30.9 Å². The van der Waals surface area contributed by atoms with Crippen molar-refractivity contribution < 1.29 is 0 Å². The topological polar surface area (TPSA) is 41.4 Å². The lowest BCUT2D eigenvalue weighted by Gasteiger charge is -2.21. The summed E-state index contributed by atoms with van der Waals surface area (Å²) >= 11 is 3.36. The highest BCUT2D eigenvalue weighted by molar-refractivity contribution is 9.10. The first-order chi connectivity index (χ1) is 9.90. The number of aromatic nitrogens is 2. The average Bonchev–Trinajstić information content (AvgIpc) is 2.45. The fourth-order valence-corrected chi connectivity index (χ4v) is 2.72. The van der Waals surface area contributed by atoms with Gasteiger partial charge in [0.25, 0.3) is 5.56 Å². The molecule has 2 rings (SSSR count). The first-order valence-corrected chi connectivity index (χ1v) is 7.38. The van der Waals surface area contributed by atoms with Crippen molar-refractivity contribution in [3.05, 3.63) is 50.9 Å². The first-order valence-electron chi connectivity index (χ1n) is 6.59. The van der Waals surface area contributed by atoms with Crippen LogP contribution in [0.2, 0.25) is 0 Å². The number of hydrogen-bond acceptors (Lipinski definition) is 4. The lowest BCUT2D eigenvalue weighted by atomic mass is 10.2. The Morgan fingerprint density at radius 2 is 2.00 bits per heavy atom. The number of nitrogens with zero attached hydrogens (tertiary/aromatic N) is 4. The Morgan fingerprint density at radius 3 is 2.67 bits per heavy atom. The van der Waals surface area contributed by atoms with Crippen molar-refractivity contribution in [1.29, 1.82) is 0 Å². The minimum absolute atomic E-state index is 0.138. The number of hydrogen-bond donors (Lipinski definition) is 0. The van der Waals surface area contributed by atoms with Gasteiger partial charge in [-0.05, 0) is 33.6 Å². The van der Waals surface area contributed by atoms with Crippen LogP contribution in [0.25, 0.3) is 0 Å². The van der Waals surface area contributed by atoms with Gasteiger partial charge < -0.3 is 9.80 Å². The minimum atomic E-state index is -0.138. The van der Waals surface area contributed by atoms with Crippen LogP contribution in [0.1, 0.15) is 5.56 Å². The molecule has 0 atom stereocenters. The number of halogens is 1. The fourth-order valence-electron chi connectivity index (χ4n) is 2.06. The predicted octanol–water partition coefficient (Wildman–Crippen LogP) is 2.25. The molecule has 0 aliphatic carbocycles. The van der Waals surface area contributed by atoms with Gasteiger partial charge in [0.15, 0.2) is 0 Å². The Kier molecular flexibility index (Phi) is 4.67. The van der Waals surface area contributed by atoms with E-state index in [1.165, 1.54) is 10.2 Å². The van der Waals surface area contributed by atoms with Crippen molar-refractivity contribution in [1.82, 2.24) is 9.78 Å². The van der Waals surface area contributed by atoms with Gasteiger partial charge in [-0.1, -0.05) is 12.1 Å². The molecule has 5 nitrogen and oxygen atoms in total. The molecule has 0 bridgehead atoms. The molecular weight excluding hydrogens is 332 g/mol. The summed E-state index contributed by atoms with van der Waals surface area (Å²) < 4.78 is 1.85. The van der Waals surface area contributed by atoms with Crippen LogP contribution >= 0.6 is 15.9 Å². The van der Waals surface area contributed by atoms with Crippen molar-refractivity contribution in [2.45, 2.75) is 6.54 Å². The first kappa shape index (κ1) is 15.6. The molecule has 0 saturated carbocycles. The summed E-state index contributed by atoms with van der Waals surface area (Å²) in [6.45, 7) is 0.703. The van der Waals surface area contributed by atoms with E-state index in [2.05, 4.69) is 44.1 Å². The summed E-state index contributed by atoms with van der Waals surface area (Å²) in [7, 11) is 7.62. The third kappa shape index (κ3) is 3.44. The Bertz CT molecular complexity index is 696. The molecule has 112 valence electrons. The predicted molar refractivity (Wildman–Crippen MR) is 90.1 cm³/mol. The molecule has 0 spiro atoms. The van der Waals surface area contributed by atoms with Crippen LogP contribution < -0.4 is 15.4 Å². The highest BCUT2D eigenvalue weighted by Crippen LogP contribution is 2.23. The maximum absolute atomic E-state index is 11.9. The Morgan fingerprint density at radius 1 is 1.29 bits per heavy atom. The van der Waals surface area contributed by atoms with Crippen molar-refractivity contribution >= 4 is 27.3 Å². The standard InChI is InChI=1S/C15H19BrN4O/c1-18(2)12-7-5-6-11(8-12)10-19(3)13-9-17-20(4)15(21)14(13)16/h5-9H,10H2,1-4H3. The van der Waals surface area contributed by atoms with Crippen LogP contribution in [-0.2, 0) is 13.6 Å². The Hall–Kier alpha value is -1.82. The zero-order chi connectivity index (χ0) is 15.6. The second kappa shape index (κ2) is 6.30. The van der Waals surface area contributed by atoms with E-state index in [9.17, 15) is 4.79 Å². The molecule has 0 amide bonds. The van der Waals surface area contributed by atoms with E-state index in [4.69, 9.17) is 0 Å². The second-order valence-corrected chi connectivity index (χ2v) is 5.99. The molecule has 1 aromatic carbocycles. The molecular formula is C15H19BrN4O. The molecule has 6 heteroatoms. The smallest absolute Gasteiger partial charge is 0.282 e. The number of aryl methyl sites for hydroxylation is 1. The molecule has 0 aliphatic rings. The van der Waals surface area contributed by atoms with Crippen LogP contribution in [0, 0.1) is 0 Å². The maximum atomic E-state index is 11.9. The van der Waals surface area contributed by atoms with E-state index in [1.807, 2.05) is 32.1 Å². The summed E-state index contributed by atoms with van der Waals surface area (Å²) in [4.78, 5) is 16.0. The molecule has 1 heterocycles. The molecule has 0 aliphatic heterocycles. The van der Waals surface area contributed by atoms with Gasteiger partial charge in [-0.15, -0.1) is 0 Å². The van der Waals surface area contributed by atoms with Gasteiger partial charge in [0.1, 0.15) is 4.47 Å². The van der Waals surface area contributed by atoms with Gasteiger partial charge in [-0.2, -0.15) is 5.10 Å². The molecule has 0 radical (unpaired) electrons. The van der Waals surface area contributed by atoms with Crippen molar-refractivity contribution in [2.24, 2.45) is 7.05 Å². The molecule has 0 N–H and O–H groups in total. The van der Waals surface area contributed by atoms with Gasteiger partial charge in [0, 0.05) is 40.4 Å². The van der Waals surface area contributed by atoms with Crippen LogP contribution in [0.4, 0.5) is 11.4 Å². The van der Waals surface area contributed by atoms with Crippen LogP contribution in [-0.4, -0.2) is 30.9 Å². The zero-order valence-electron chi connectivity index (χ0n) is 12.7. The molecule has 0 fully saturated rings. The molecule has 0 unspecified atom stereocenters. The molecule has 21 heavy (non-hydrogen) atoms. The van der Waals surface area contributed by atoms with E-state index < -0.39 is 0 Å². The van der Waals surface area contributed by atoms with Gasteiger partial charge in [-0.3, -0.25) is 4.79 Å². The minimum Gasteiger partial charge on any atom is -0.378 e. The Labute approximate surface area is 132 Å². The largest absolute Gasteiger partial charge is 0.378 e. The van der Waals surface area contributed by atoms with Gasteiger partial charge in [0.05, 0.1) is 11.9 Å². The quantitative estimate of drug-likeness (QED) is 0.847. The summed E-state index contributed by atoms with van der Waals surface area (Å²) in [6, 6.07) is 8.32. The number of anilines is 2. The van der Waals surface area contributed by atoms with E-state index in [0.717, 1.165) is 11.4 Å².